The Morgan fingerprint density at radius 1 is 1.30 bits per heavy atom. The molecule has 0 bridgehead atoms. The molecule has 1 aromatic rings. The Balaban J connectivity index is 1.49. The van der Waals surface area contributed by atoms with E-state index in [-0.39, 0.29) is 23.4 Å². The number of hydrogen-bond donors (Lipinski definition) is 1. The second-order valence-electron chi connectivity index (χ2n) is 6.81. The summed E-state index contributed by atoms with van der Waals surface area (Å²) in [7, 11) is 0. The molecule has 5 unspecified atom stereocenters. The number of benzene rings is 1. The van der Waals surface area contributed by atoms with Crippen molar-refractivity contribution < 1.29 is 14.6 Å². The van der Waals surface area contributed by atoms with Crippen LogP contribution in [0.2, 0.25) is 0 Å². The molecule has 2 aliphatic heterocycles. The lowest BCUT2D eigenvalue weighted by molar-refractivity contribution is 0.0145. The van der Waals surface area contributed by atoms with Crippen LogP contribution in [0.15, 0.2) is 30.3 Å². The van der Waals surface area contributed by atoms with Gasteiger partial charge in [-0.25, -0.2) is 0 Å². The number of ether oxygens (including phenoxy) is 2. The summed E-state index contributed by atoms with van der Waals surface area (Å²) in [5, 5.41) is 10.00. The van der Waals surface area contributed by atoms with E-state index in [4.69, 9.17) is 9.47 Å². The summed E-state index contributed by atoms with van der Waals surface area (Å²) in [4.78, 5) is 0. The highest BCUT2D eigenvalue weighted by Gasteiger charge is 2.68. The molecule has 0 radical (unpaired) electrons. The molecule has 0 amide bonds. The smallest absolute Gasteiger partial charge is 0.0981 e. The molecule has 1 aliphatic carbocycles. The molecule has 1 saturated carbocycles. The van der Waals surface area contributed by atoms with Crippen molar-refractivity contribution in [1.29, 1.82) is 0 Å². The highest BCUT2D eigenvalue weighted by atomic mass is 16.6. The van der Waals surface area contributed by atoms with Crippen LogP contribution in [0.5, 0.6) is 0 Å². The SMILES string of the molecule is CC1(C2CC(O)CCC23CO3)OC1Cc1ccccc1. The molecule has 3 aliphatic rings. The van der Waals surface area contributed by atoms with Crippen LogP contribution in [0.4, 0.5) is 0 Å². The molecule has 5 atom stereocenters. The van der Waals surface area contributed by atoms with Crippen molar-refractivity contribution >= 4 is 0 Å². The van der Waals surface area contributed by atoms with E-state index < -0.39 is 0 Å². The van der Waals surface area contributed by atoms with E-state index in [2.05, 4.69) is 31.2 Å². The summed E-state index contributed by atoms with van der Waals surface area (Å²) >= 11 is 0. The van der Waals surface area contributed by atoms with Crippen LogP contribution in [0.1, 0.15) is 31.7 Å². The maximum Gasteiger partial charge on any atom is 0.0981 e. The molecule has 2 heterocycles. The van der Waals surface area contributed by atoms with Crippen molar-refractivity contribution in [2.24, 2.45) is 5.92 Å². The topological polar surface area (TPSA) is 45.3 Å². The normalized spacial score (nSPS) is 46.4. The van der Waals surface area contributed by atoms with Crippen molar-refractivity contribution in [3.8, 4) is 0 Å². The summed E-state index contributed by atoms with van der Waals surface area (Å²) in [6, 6.07) is 10.5. The van der Waals surface area contributed by atoms with Crippen molar-refractivity contribution in [2.75, 3.05) is 6.61 Å². The number of aliphatic hydroxyl groups is 1. The van der Waals surface area contributed by atoms with Crippen LogP contribution in [0, 0.1) is 5.92 Å². The minimum Gasteiger partial charge on any atom is -0.393 e. The first-order valence-corrected chi connectivity index (χ1v) is 7.66. The molecule has 3 heteroatoms. The molecule has 4 rings (SSSR count). The van der Waals surface area contributed by atoms with Crippen molar-refractivity contribution in [2.45, 2.75) is 56.0 Å². The molecule has 1 spiro atoms. The van der Waals surface area contributed by atoms with E-state index in [9.17, 15) is 5.11 Å². The number of aliphatic hydroxyl groups excluding tert-OH is 1. The Bertz CT molecular complexity index is 496. The van der Waals surface area contributed by atoms with Gasteiger partial charge in [0.15, 0.2) is 0 Å². The van der Waals surface area contributed by atoms with E-state index in [1.54, 1.807) is 0 Å². The quantitative estimate of drug-likeness (QED) is 0.860. The molecule has 1 N–H and O–H groups in total. The van der Waals surface area contributed by atoms with Gasteiger partial charge < -0.3 is 14.6 Å². The fourth-order valence-corrected chi connectivity index (χ4v) is 4.04. The highest BCUT2D eigenvalue weighted by molar-refractivity contribution is 5.22. The van der Waals surface area contributed by atoms with E-state index in [0.717, 1.165) is 32.3 Å². The molecule has 3 nitrogen and oxygen atoms in total. The maximum absolute atomic E-state index is 10.00. The van der Waals surface area contributed by atoms with Crippen LogP contribution in [-0.4, -0.2) is 35.1 Å². The van der Waals surface area contributed by atoms with Crippen molar-refractivity contribution in [1.82, 2.24) is 0 Å². The van der Waals surface area contributed by atoms with Gasteiger partial charge in [0, 0.05) is 12.3 Å². The number of hydrogen-bond acceptors (Lipinski definition) is 3. The standard InChI is InChI=1S/C17H22O3/c1-16(14-10-13(18)7-8-17(14)11-19-17)15(20-16)9-12-5-3-2-4-6-12/h2-6,13-15,18H,7-11H2,1H3. The highest BCUT2D eigenvalue weighted by Crippen LogP contribution is 2.58. The van der Waals surface area contributed by atoms with Gasteiger partial charge in [0.05, 0.1) is 30.0 Å². The van der Waals surface area contributed by atoms with Gasteiger partial charge in [0.25, 0.3) is 0 Å². The van der Waals surface area contributed by atoms with E-state index in [0.29, 0.717) is 5.92 Å². The minimum absolute atomic E-state index is 0.0133. The number of rotatable bonds is 3. The second-order valence-corrected chi connectivity index (χ2v) is 6.81. The largest absolute Gasteiger partial charge is 0.393 e. The summed E-state index contributed by atoms with van der Waals surface area (Å²) in [5.74, 6) is 0.340. The van der Waals surface area contributed by atoms with E-state index >= 15 is 0 Å². The molecule has 2 saturated heterocycles. The zero-order valence-corrected chi connectivity index (χ0v) is 11.9. The third kappa shape index (κ3) is 2.00. The van der Waals surface area contributed by atoms with Crippen LogP contribution >= 0.6 is 0 Å². The minimum atomic E-state index is -0.187. The van der Waals surface area contributed by atoms with Gasteiger partial charge in [0.2, 0.25) is 0 Å². The molecular weight excluding hydrogens is 252 g/mol. The first-order chi connectivity index (χ1) is 9.62. The Morgan fingerprint density at radius 2 is 2.05 bits per heavy atom. The average molecular weight is 274 g/mol. The summed E-state index contributed by atoms with van der Waals surface area (Å²) in [5.41, 5.74) is 1.22. The average Bonchev–Trinajstić information content (AvgIpc) is 3.35. The molecule has 108 valence electrons. The Kier molecular flexibility index (Phi) is 2.75. The van der Waals surface area contributed by atoms with Crippen molar-refractivity contribution in [3.63, 3.8) is 0 Å². The predicted molar refractivity (Wildman–Crippen MR) is 75.5 cm³/mol. The van der Waals surface area contributed by atoms with Gasteiger partial charge in [-0.2, -0.15) is 0 Å². The fraction of sp³-hybridized carbons (Fsp3) is 0.647. The first kappa shape index (κ1) is 12.8. The van der Waals surface area contributed by atoms with Crippen LogP contribution in [0.25, 0.3) is 0 Å². The molecule has 0 aromatic heterocycles. The summed E-state index contributed by atoms with van der Waals surface area (Å²) in [6.45, 7) is 3.05. The maximum atomic E-state index is 10.00. The summed E-state index contributed by atoms with van der Waals surface area (Å²) < 4.78 is 11.9. The van der Waals surface area contributed by atoms with Crippen LogP contribution in [-0.2, 0) is 15.9 Å². The molecular formula is C17H22O3. The lowest BCUT2D eigenvalue weighted by atomic mass is 9.70. The first-order valence-electron chi connectivity index (χ1n) is 7.66. The third-order valence-corrected chi connectivity index (χ3v) is 5.49. The monoisotopic (exact) mass is 274 g/mol. The summed E-state index contributed by atoms with van der Waals surface area (Å²) in [6.07, 6.45) is 3.71. The fourth-order valence-electron chi connectivity index (χ4n) is 4.04. The van der Waals surface area contributed by atoms with Gasteiger partial charge in [-0.15, -0.1) is 0 Å². The lowest BCUT2D eigenvalue weighted by Gasteiger charge is -2.35. The second kappa shape index (κ2) is 4.30. The van der Waals surface area contributed by atoms with Gasteiger partial charge in [-0.05, 0) is 31.7 Å². The zero-order valence-electron chi connectivity index (χ0n) is 11.9. The lowest BCUT2D eigenvalue weighted by Crippen LogP contribution is -2.43. The van der Waals surface area contributed by atoms with Gasteiger partial charge in [-0.1, -0.05) is 30.3 Å². The van der Waals surface area contributed by atoms with Gasteiger partial charge in [-0.3, -0.25) is 0 Å². The van der Waals surface area contributed by atoms with Crippen LogP contribution in [0.3, 0.4) is 0 Å². The van der Waals surface area contributed by atoms with Crippen LogP contribution < -0.4 is 0 Å². The predicted octanol–water partition coefficient (Wildman–Crippen LogP) is 2.32. The Hall–Kier alpha value is -0.900. The Morgan fingerprint density at radius 3 is 2.75 bits per heavy atom. The third-order valence-electron chi connectivity index (χ3n) is 5.49. The molecule has 3 fully saturated rings. The zero-order chi connectivity index (χ0) is 13.8. The van der Waals surface area contributed by atoms with Gasteiger partial charge >= 0.3 is 0 Å². The Labute approximate surface area is 119 Å². The molecule has 20 heavy (non-hydrogen) atoms. The van der Waals surface area contributed by atoms with Gasteiger partial charge in [0.1, 0.15) is 0 Å². The van der Waals surface area contributed by atoms with E-state index in [1.807, 2.05) is 6.07 Å². The van der Waals surface area contributed by atoms with E-state index in [1.165, 1.54) is 5.56 Å². The molecule has 1 aromatic carbocycles. The van der Waals surface area contributed by atoms with Crippen molar-refractivity contribution in [3.05, 3.63) is 35.9 Å². The number of epoxide rings is 2.